The molecule has 3 rings (SSSR count). The van der Waals surface area contributed by atoms with Crippen LogP contribution in [-0.2, 0) is 0 Å². The Bertz CT molecular complexity index is 704. The van der Waals surface area contributed by atoms with E-state index in [1.165, 1.54) is 12.8 Å². The monoisotopic (exact) mass is 350 g/mol. The molecule has 1 fully saturated rings. The smallest absolute Gasteiger partial charge is 0.137 e. The Labute approximate surface area is 156 Å². The molecule has 2 aromatic rings. The van der Waals surface area contributed by atoms with Crippen molar-refractivity contribution in [1.82, 2.24) is 4.90 Å². The highest BCUT2D eigenvalue weighted by Gasteiger charge is 2.19. The number of rotatable bonds is 8. The maximum absolute atomic E-state index is 9.07. The number of hydrogen-bond acceptors (Lipinski definition) is 4. The Balaban J connectivity index is 1.30. The van der Waals surface area contributed by atoms with Crippen LogP contribution in [0.5, 0.6) is 11.5 Å². The van der Waals surface area contributed by atoms with E-state index in [4.69, 9.17) is 14.7 Å². The summed E-state index contributed by atoms with van der Waals surface area (Å²) >= 11 is 0. The average Bonchev–Trinajstić information content (AvgIpc) is 2.71. The quantitative estimate of drug-likeness (QED) is 0.672. The fourth-order valence-corrected chi connectivity index (χ4v) is 3.26. The van der Waals surface area contributed by atoms with Crippen molar-refractivity contribution in [3.05, 3.63) is 60.2 Å². The molecule has 0 saturated carbocycles. The highest BCUT2D eigenvalue weighted by Crippen LogP contribution is 2.20. The molecule has 0 atom stereocenters. The van der Waals surface area contributed by atoms with Crippen LogP contribution < -0.4 is 9.47 Å². The lowest BCUT2D eigenvalue weighted by atomic mass is 9.98. The van der Waals surface area contributed by atoms with Gasteiger partial charge in [0.05, 0.1) is 18.8 Å². The summed E-state index contributed by atoms with van der Waals surface area (Å²) in [6, 6.07) is 19.6. The van der Waals surface area contributed by atoms with E-state index in [0.717, 1.165) is 38.4 Å². The summed E-state index contributed by atoms with van der Waals surface area (Å²) in [5, 5.41) is 9.07. The molecule has 136 valence electrons. The molecule has 0 unspecified atom stereocenters. The fraction of sp³-hybridized carbons (Fsp3) is 0.409. The topological polar surface area (TPSA) is 45.5 Å². The van der Waals surface area contributed by atoms with Gasteiger partial charge in [0.2, 0.25) is 0 Å². The first-order valence-electron chi connectivity index (χ1n) is 9.37. The van der Waals surface area contributed by atoms with E-state index in [1.807, 2.05) is 48.5 Å². The first-order valence-corrected chi connectivity index (χ1v) is 9.37. The van der Waals surface area contributed by atoms with Gasteiger partial charge >= 0.3 is 0 Å². The van der Waals surface area contributed by atoms with Crippen molar-refractivity contribution >= 4 is 0 Å². The van der Waals surface area contributed by atoms with Gasteiger partial charge in [-0.15, -0.1) is 0 Å². The van der Waals surface area contributed by atoms with Crippen LogP contribution in [0.1, 0.15) is 24.8 Å². The number of ether oxygens (including phenoxy) is 2. The van der Waals surface area contributed by atoms with E-state index < -0.39 is 0 Å². The summed E-state index contributed by atoms with van der Waals surface area (Å²) in [7, 11) is 0. The van der Waals surface area contributed by atoms with E-state index in [-0.39, 0.29) is 0 Å². The lowest BCUT2D eigenvalue weighted by Crippen LogP contribution is -2.36. The van der Waals surface area contributed by atoms with Crippen LogP contribution in [0.25, 0.3) is 0 Å². The Hall–Kier alpha value is -2.51. The number of likely N-dealkylation sites (tertiary alicyclic amines) is 1. The van der Waals surface area contributed by atoms with E-state index in [9.17, 15) is 0 Å². The molecular formula is C22H26N2O2. The summed E-state index contributed by atoms with van der Waals surface area (Å²) in [5.74, 6) is 2.29. The van der Waals surface area contributed by atoms with Crippen molar-refractivity contribution in [2.75, 3.05) is 32.8 Å². The molecule has 4 nitrogen and oxygen atoms in total. The highest BCUT2D eigenvalue weighted by atomic mass is 16.5. The third-order valence-corrected chi connectivity index (χ3v) is 4.82. The van der Waals surface area contributed by atoms with Crippen molar-refractivity contribution in [3.8, 4) is 17.6 Å². The van der Waals surface area contributed by atoms with Gasteiger partial charge in [0.25, 0.3) is 0 Å². The van der Waals surface area contributed by atoms with Gasteiger partial charge < -0.3 is 14.4 Å². The van der Waals surface area contributed by atoms with Crippen LogP contribution in [0.3, 0.4) is 0 Å². The van der Waals surface area contributed by atoms with E-state index in [1.54, 1.807) is 6.07 Å². The third-order valence-electron chi connectivity index (χ3n) is 4.82. The van der Waals surface area contributed by atoms with Gasteiger partial charge in [-0.3, -0.25) is 0 Å². The first-order chi connectivity index (χ1) is 12.8. The number of para-hydroxylation sites is 2. The molecule has 1 saturated heterocycles. The second kappa shape index (κ2) is 9.84. The molecular weight excluding hydrogens is 324 g/mol. The predicted molar refractivity (Wildman–Crippen MR) is 102 cm³/mol. The summed E-state index contributed by atoms with van der Waals surface area (Å²) in [4.78, 5) is 2.50. The molecule has 0 aromatic heterocycles. The average molecular weight is 350 g/mol. The molecule has 0 radical (unpaired) electrons. The van der Waals surface area contributed by atoms with Gasteiger partial charge in [-0.25, -0.2) is 0 Å². The Morgan fingerprint density at radius 1 is 0.962 bits per heavy atom. The van der Waals surface area contributed by atoms with Crippen LogP contribution in [0.15, 0.2) is 54.6 Å². The van der Waals surface area contributed by atoms with Crippen LogP contribution >= 0.6 is 0 Å². The molecule has 2 aromatic carbocycles. The van der Waals surface area contributed by atoms with Gasteiger partial charge in [-0.05, 0) is 62.5 Å². The molecule has 0 N–H and O–H groups in total. The van der Waals surface area contributed by atoms with E-state index >= 15 is 0 Å². The van der Waals surface area contributed by atoms with Crippen LogP contribution in [0.2, 0.25) is 0 Å². The summed E-state index contributed by atoms with van der Waals surface area (Å²) < 4.78 is 11.6. The third kappa shape index (κ3) is 5.50. The van der Waals surface area contributed by atoms with Crippen molar-refractivity contribution in [2.24, 2.45) is 5.92 Å². The molecule has 0 spiro atoms. The molecule has 1 heterocycles. The lowest BCUT2D eigenvalue weighted by Gasteiger charge is -2.31. The Morgan fingerprint density at radius 3 is 2.46 bits per heavy atom. The maximum atomic E-state index is 9.07. The first kappa shape index (κ1) is 18.3. The zero-order valence-electron chi connectivity index (χ0n) is 15.1. The molecule has 1 aliphatic rings. The zero-order valence-corrected chi connectivity index (χ0v) is 15.1. The van der Waals surface area contributed by atoms with Gasteiger partial charge in [0.1, 0.15) is 17.6 Å². The van der Waals surface area contributed by atoms with Crippen molar-refractivity contribution in [3.63, 3.8) is 0 Å². The minimum Gasteiger partial charge on any atom is -0.493 e. The van der Waals surface area contributed by atoms with E-state index in [0.29, 0.717) is 23.8 Å². The Morgan fingerprint density at radius 2 is 1.69 bits per heavy atom. The second-order valence-corrected chi connectivity index (χ2v) is 6.72. The number of nitriles is 1. The molecule has 0 bridgehead atoms. The van der Waals surface area contributed by atoms with Gasteiger partial charge in [-0.2, -0.15) is 5.26 Å². The van der Waals surface area contributed by atoms with Crippen molar-refractivity contribution < 1.29 is 9.47 Å². The minimum absolute atomic E-state index is 0.603. The highest BCUT2D eigenvalue weighted by molar-refractivity contribution is 5.42. The molecule has 0 aliphatic carbocycles. The van der Waals surface area contributed by atoms with Crippen molar-refractivity contribution in [1.29, 1.82) is 5.26 Å². The predicted octanol–water partition coefficient (Wildman–Crippen LogP) is 4.12. The lowest BCUT2D eigenvalue weighted by molar-refractivity contribution is 0.135. The Kier molecular flexibility index (Phi) is 6.92. The van der Waals surface area contributed by atoms with Crippen LogP contribution in [0, 0.1) is 17.2 Å². The summed E-state index contributed by atoms with van der Waals surface area (Å²) in [6.45, 7) is 4.75. The second-order valence-electron chi connectivity index (χ2n) is 6.72. The number of nitrogens with zero attached hydrogens (tertiary/aromatic N) is 2. The van der Waals surface area contributed by atoms with Gasteiger partial charge in [-0.1, -0.05) is 30.3 Å². The molecule has 0 amide bonds. The number of benzene rings is 2. The fourth-order valence-electron chi connectivity index (χ4n) is 3.26. The van der Waals surface area contributed by atoms with Crippen LogP contribution in [-0.4, -0.2) is 37.7 Å². The number of piperidine rings is 1. The van der Waals surface area contributed by atoms with Crippen LogP contribution in [0.4, 0.5) is 0 Å². The van der Waals surface area contributed by atoms with E-state index in [2.05, 4.69) is 11.0 Å². The number of hydrogen-bond donors (Lipinski definition) is 0. The minimum atomic E-state index is 0.603. The summed E-state index contributed by atoms with van der Waals surface area (Å²) in [5.41, 5.74) is 0.603. The van der Waals surface area contributed by atoms with Crippen molar-refractivity contribution in [2.45, 2.75) is 19.3 Å². The molecule has 1 aliphatic heterocycles. The maximum Gasteiger partial charge on any atom is 0.137 e. The summed E-state index contributed by atoms with van der Waals surface area (Å²) in [6.07, 6.45) is 3.35. The van der Waals surface area contributed by atoms with Gasteiger partial charge in [0, 0.05) is 6.54 Å². The largest absolute Gasteiger partial charge is 0.493 e. The standard InChI is InChI=1S/C22H26N2O2/c23-17-20-7-4-5-10-22(20)25-16-6-13-24-14-11-19(12-15-24)18-26-21-8-2-1-3-9-21/h1-5,7-10,19H,6,11-16,18H2. The zero-order chi connectivity index (χ0) is 18.0. The van der Waals surface area contributed by atoms with Gasteiger partial charge in [0.15, 0.2) is 0 Å². The molecule has 26 heavy (non-hydrogen) atoms. The SMILES string of the molecule is N#Cc1ccccc1OCCCN1CCC(COc2ccccc2)CC1. The normalized spacial score (nSPS) is 15.3. The molecule has 4 heteroatoms.